The maximum atomic E-state index is 13.3. The van der Waals surface area contributed by atoms with Crippen molar-refractivity contribution < 1.29 is 13.2 Å². The molecule has 1 fully saturated rings. The highest BCUT2D eigenvalue weighted by molar-refractivity contribution is 7.89. The molecule has 0 bridgehead atoms. The van der Waals surface area contributed by atoms with E-state index in [-0.39, 0.29) is 5.41 Å². The van der Waals surface area contributed by atoms with Crippen LogP contribution in [0.25, 0.3) is 11.0 Å². The Kier molecular flexibility index (Phi) is 5.91. The minimum absolute atomic E-state index is 0.178. The number of hydrogen-bond donors (Lipinski definition) is 0. The average molecular weight is 476 g/mol. The number of methoxy groups -OCH3 is 1. The zero-order chi connectivity index (χ0) is 23.8. The fraction of sp³-hybridized carbons (Fsp3) is 0.296. The van der Waals surface area contributed by atoms with Gasteiger partial charge in [0.1, 0.15) is 11.6 Å². The normalized spacial score (nSPS) is 16.5. The van der Waals surface area contributed by atoms with Crippen molar-refractivity contribution in [2.45, 2.75) is 29.6 Å². The summed E-state index contributed by atoms with van der Waals surface area (Å²) in [6, 6.07) is 25.3. The summed E-state index contributed by atoms with van der Waals surface area (Å²) >= 11 is 0. The summed E-state index contributed by atoms with van der Waals surface area (Å²) < 4.78 is 35.6. The summed E-state index contributed by atoms with van der Waals surface area (Å²) in [5, 5.41) is 0. The molecule has 1 aliphatic heterocycles. The summed E-state index contributed by atoms with van der Waals surface area (Å²) in [7, 11) is 0.0695. The van der Waals surface area contributed by atoms with Crippen LogP contribution in [0.5, 0.6) is 5.75 Å². The number of para-hydroxylation sites is 2. The second-order valence-corrected chi connectivity index (χ2v) is 10.9. The Bertz CT molecular complexity index is 1390. The van der Waals surface area contributed by atoms with E-state index in [2.05, 4.69) is 41.9 Å². The first-order valence-corrected chi connectivity index (χ1v) is 13.0. The molecule has 0 atom stereocenters. The van der Waals surface area contributed by atoms with E-state index in [4.69, 9.17) is 9.72 Å². The number of piperidine rings is 1. The van der Waals surface area contributed by atoms with Crippen molar-refractivity contribution in [2.24, 2.45) is 7.05 Å². The Hall–Kier alpha value is -3.16. The number of aromatic nitrogens is 2. The molecule has 7 heteroatoms. The van der Waals surface area contributed by atoms with E-state index in [0.717, 1.165) is 36.1 Å². The fourth-order valence-electron chi connectivity index (χ4n) is 5.07. The molecule has 0 spiro atoms. The van der Waals surface area contributed by atoms with Crippen LogP contribution in [0.15, 0.2) is 83.8 Å². The Morgan fingerprint density at radius 2 is 1.56 bits per heavy atom. The summed E-state index contributed by atoms with van der Waals surface area (Å²) in [6.07, 6.45) is 2.23. The van der Waals surface area contributed by atoms with Gasteiger partial charge in [0.2, 0.25) is 10.0 Å². The number of fused-ring (bicyclic) bond motifs is 1. The van der Waals surface area contributed by atoms with Crippen LogP contribution in [0.4, 0.5) is 0 Å². The predicted molar refractivity (Wildman–Crippen MR) is 134 cm³/mol. The van der Waals surface area contributed by atoms with E-state index in [1.54, 1.807) is 35.7 Å². The zero-order valence-corrected chi connectivity index (χ0v) is 20.3. The van der Waals surface area contributed by atoms with Gasteiger partial charge in [0.05, 0.1) is 23.0 Å². The number of aryl methyl sites for hydroxylation is 1. The second kappa shape index (κ2) is 8.89. The average Bonchev–Trinajstić information content (AvgIpc) is 3.19. The number of hydrogen-bond acceptors (Lipinski definition) is 4. The topological polar surface area (TPSA) is 64.4 Å². The lowest BCUT2D eigenvalue weighted by Crippen LogP contribution is -2.46. The second-order valence-electron chi connectivity index (χ2n) is 8.98. The van der Waals surface area contributed by atoms with Gasteiger partial charge in [-0.2, -0.15) is 4.31 Å². The summed E-state index contributed by atoms with van der Waals surface area (Å²) in [6.45, 7) is 0.931. The van der Waals surface area contributed by atoms with Gasteiger partial charge in [-0.3, -0.25) is 0 Å². The largest absolute Gasteiger partial charge is 0.497 e. The molecule has 1 aliphatic rings. The fourth-order valence-corrected chi connectivity index (χ4v) is 6.51. The smallest absolute Gasteiger partial charge is 0.243 e. The first-order chi connectivity index (χ1) is 16.4. The van der Waals surface area contributed by atoms with Crippen molar-refractivity contribution >= 4 is 21.1 Å². The van der Waals surface area contributed by atoms with Crippen molar-refractivity contribution in [3.05, 3.63) is 90.3 Å². The van der Waals surface area contributed by atoms with E-state index >= 15 is 0 Å². The molecule has 0 saturated carbocycles. The van der Waals surface area contributed by atoms with Crippen LogP contribution in [0.2, 0.25) is 0 Å². The standard InChI is InChI=1S/C27H29N3O3S/c1-29-25-11-7-6-10-24(25)28-26(29)20-27(21-8-4-3-5-9-21)16-18-30(19-17-27)34(31,32)23-14-12-22(33-2)13-15-23/h3-15H,16-20H2,1-2H3. The number of nitrogens with zero attached hydrogens (tertiary/aromatic N) is 3. The zero-order valence-electron chi connectivity index (χ0n) is 19.5. The Balaban J connectivity index is 1.45. The van der Waals surface area contributed by atoms with Gasteiger partial charge in [-0.25, -0.2) is 13.4 Å². The molecule has 0 aliphatic carbocycles. The molecule has 5 rings (SSSR count). The highest BCUT2D eigenvalue weighted by atomic mass is 32.2. The third-order valence-electron chi connectivity index (χ3n) is 7.14. The number of rotatable bonds is 6. The lowest BCUT2D eigenvalue weighted by atomic mass is 9.70. The predicted octanol–water partition coefficient (Wildman–Crippen LogP) is 4.55. The van der Waals surface area contributed by atoms with Gasteiger partial charge in [0, 0.05) is 32.0 Å². The number of benzene rings is 3. The van der Waals surface area contributed by atoms with Crippen LogP contribution in [0.3, 0.4) is 0 Å². The van der Waals surface area contributed by atoms with Crippen molar-refractivity contribution in [3.8, 4) is 5.75 Å². The van der Waals surface area contributed by atoms with E-state index in [1.165, 1.54) is 5.56 Å². The number of ether oxygens (including phenoxy) is 1. The van der Waals surface area contributed by atoms with Crippen LogP contribution >= 0.6 is 0 Å². The van der Waals surface area contributed by atoms with Gasteiger partial charge in [-0.05, 0) is 54.8 Å². The monoisotopic (exact) mass is 475 g/mol. The lowest BCUT2D eigenvalue weighted by molar-refractivity contribution is 0.227. The van der Waals surface area contributed by atoms with E-state index in [0.29, 0.717) is 23.7 Å². The maximum absolute atomic E-state index is 13.3. The molecule has 0 amide bonds. The quantitative estimate of drug-likeness (QED) is 0.411. The molecular formula is C27H29N3O3S. The van der Waals surface area contributed by atoms with Crippen molar-refractivity contribution in [2.75, 3.05) is 20.2 Å². The lowest BCUT2D eigenvalue weighted by Gasteiger charge is -2.41. The molecule has 1 saturated heterocycles. The molecule has 6 nitrogen and oxygen atoms in total. The van der Waals surface area contributed by atoms with Gasteiger partial charge in [0.25, 0.3) is 0 Å². The van der Waals surface area contributed by atoms with Crippen LogP contribution in [0, 0.1) is 0 Å². The number of imidazole rings is 1. The number of sulfonamides is 1. The molecule has 0 unspecified atom stereocenters. The van der Waals surface area contributed by atoms with Crippen LogP contribution in [-0.2, 0) is 28.9 Å². The molecule has 1 aromatic heterocycles. The third kappa shape index (κ3) is 3.99. The molecule has 0 N–H and O–H groups in total. The van der Waals surface area contributed by atoms with Gasteiger partial charge in [-0.15, -0.1) is 0 Å². The highest BCUT2D eigenvalue weighted by Gasteiger charge is 2.40. The van der Waals surface area contributed by atoms with Gasteiger partial charge < -0.3 is 9.30 Å². The molecule has 34 heavy (non-hydrogen) atoms. The minimum atomic E-state index is -3.56. The molecular weight excluding hydrogens is 446 g/mol. The van der Waals surface area contributed by atoms with Gasteiger partial charge in [-0.1, -0.05) is 42.5 Å². The SMILES string of the molecule is COc1ccc(S(=O)(=O)N2CCC(Cc3nc4ccccc4n3C)(c3ccccc3)CC2)cc1. The molecule has 2 heterocycles. The van der Waals surface area contributed by atoms with E-state index in [9.17, 15) is 8.42 Å². The van der Waals surface area contributed by atoms with Crippen LogP contribution < -0.4 is 4.74 Å². The molecule has 176 valence electrons. The van der Waals surface area contributed by atoms with Crippen molar-refractivity contribution in [1.82, 2.24) is 13.9 Å². The Morgan fingerprint density at radius 3 is 2.21 bits per heavy atom. The molecule has 4 aromatic rings. The summed E-state index contributed by atoms with van der Waals surface area (Å²) in [5.74, 6) is 1.67. The van der Waals surface area contributed by atoms with Gasteiger partial charge >= 0.3 is 0 Å². The van der Waals surface area contributed by atoms with E-state index in [1.807, 2.05) is 24.3 Å². The van der Waals surface area contributed by atoms with Crippen LogP contribution in [-0.4, -0.2) is 42.5 Å². The first kappa shape index (κ1) is 22.6. The maximum Gasteiger partial charge on any atom is 0.243 e. The Morgan fingerprint density at radius 1 is 0.912 bits per heavy atom. The summed E-state index contributed by atoms with van der Waals surface area (Å²) in [5.41, 5.74) is 3.16. The molecule has 0 radical (unpaired) electrons. The highest BCUT2D eigenvalue weighted by Crippen LogP contribution is 2.40. The first-order valence-electron chi connectivity index (χ1n) is 11.5. The van der Waals surface area contributed by atoms with Crippen molar-refractivity contribution in [3.63, 3.8) is 0 Å². The minimum Gasteiger partial charge on any atom is -0.497 e. The van der Waals surface area contributed by atoms with Crippen LogP contribution in [0.1, 0.15) is 24.2 Å². The van der Waals surface area contributed by atoms with E-state index < -0.39 is 10.0 Å². The van der Waals surface area contributed by atoms with Crippen molar-refractivity contribution in [1.29, 1.82) is 0 Å². The van der Waals surface area contributed by atoms with Gasteiger partial charge in [0.15, 0.2) is 0 Å². The Labute approximate surface area is 200 Å². The third-order valence-corrected chi connectivity index (χ3v) is 9.05. The summed E-state index contributed by atoms with van der Waals surface area (Å²) in [4.78, 5) is 5.23. The molecule has 3 aromatic carbocycles.